The highest BCUT2D eigenvalue weighted by molar-refractivity contribution is 6.07. The molecule has 9 nitrogen and oxygen atoms in total. The van der Waals surface area contributed by atoms with Gasteiger partial charge in [0.15, 0.2) is 12.4 Å². The number of hydrogen-bond acceptors (Lipinski definition) is 8. The number of likely N-dealkylation sites (tertiary alicyclic amines) is 1. The molecule has 1 saturated carbocycles. The predicted molar refractivity (Wildman–Crippen MR) is 185 cm³/mol. The number of halogens is 3. The molecule has 3 fully saturated rings. The summed E-state index contributed by atoms with van der Waals surface area (Å²) in [6, 6.07) is 5.86. The van der Waals surface area contributed by atoms with E-state index in [9.17, 15) is 18.3 Å². The summed E-state index contributed by atoms with van der Waals surface area (Å²) in [5.41, 5.74) is 3.24. The van der Waals surface area contributed by atoms with Crippen molar-refractivity contribution in [2.75, 3.05) is 44.2 Å². The second-order valence-corrected chi connectivity index (χ2v) is 14.8. The Hall–Kier alpha value is -3.90. The van der Waals surface area contributed by atoms with Crippen molar-refractivity contribution in [1.82, 2.24) is 25.1 Å². The van der Waals surface area contributed by atoms with Gasteiger partial charge in [0.2, 0.25) is 0 Å². The predicted octanol–water partition coefficient (Wildman–Crippen LogP) is 7.45. The second-order valence-electron chi connectivity index (χ2n) is 14.8. The topological polar surface area (TPSA) is 99.6 Å². The SMILES string of the molecule is C=Cc1cc2c(N3CCC4(CCC4)CC3)nc(OC3CCN(CC(C)(C)O)CC3)nc2c(OCC(F)(F)F)c1-c1c(C)ccc2[nH]ncc12. The van der Waals surface area contributed by atoms with Gasteiger partial charge < -0.3 is 24.4 Å². The van der Waals surface area contributed by atoms with E-state index in [2.05, 4.69) is 26.6 Å². The number of nitrogens with zero attached hydrogens (tertiary/aromatic N) is 5. The van der Waals surface area contributed by atoms with Gasteiger partial charge in [-0.15, -0.1) is 0 Å². The molecule has 2 aliphatic heterocycles. The number of aliphatic hydroxyl groups is 1. The van der Waals surface area contributed by atoms with Crippen molar-refractivity contribution < 1.29 is 27.8 Å². The first-order valence-corrected chi connectivity index (χ1v) is 17.3. The van der Waals surface area contributed by atoms with Gasteiger partial charge in [-0.3, -0.25) is 5.10 Å². The fourth-order valence-electron chi connectivity index (χ4n) is 7.94. The van der Waals surface area contributed by atoms with Crippen LogP contribution in [-0.4, -0.2) is 87.4 Å². The van der Waals surface area contributed by atoms with Crippen molar-refractivity contribution >= 4 is 33.7 Å². The largest absolute Gasteiger partial charge is 0.481 e. The summed E-state index contributed by atoms with van der Waals surface area (Å²) in [4.78, 5) is 14.3. The van der Waals surface area contributed by atoms with Crippen LogP contribution < -0.4 is 14.4 Å². The number of hydrogen-bond donors (Lipinski definition) is 2. The number of piperidine rings is 2. The smallest absolute Gasteiger partial charge is 0.422 e. The van der Waals surface area contributed by atoms with E-state index in [1.165, 1.54) is 19.3 Å². The lowest BCUT2D eigenvalue weighted by Crippen LogP contribution is -2.45. The quantitative estimate of drug-likeness (QED) is 0.188. The molecule has 0 radical (unpaired) electrons. The third kappa shape index (κ3) is 6.94. The molecule has 0 amide bonds. The maximum atomic E-state index is 13.9. The molecule has 49 heavy (non-hydrogen) atoms. The van der Waals surface area contributed by atoms with Gasteiger partial charge in [-0.2, -0.15) is 28.2 Å². The average molecular weight is 679 g/mol. The molecule has 0 atom stereocenters. The minimum absolute atomic E-state index is 0.0162. The molecule has 4 heterocycles. The lowest BCUT2D eigenvalue weighted by molar-refractivity contribution is -0.153. The molecule has 12 heteroatoms. The third-order valence-corrected chi connectivity index (χ3v) is 10.6. The van der Waals surface area contributed by atoms with E-state index in [0.717, 1.165) is 55.5 Å². The molecule has 2 aromatic heterocycles. The molecular formula is C37H45F3N6O3. The zero-order valence-corrected chi connectivity index (χ0v) is 28.5. The van der Waals surface area contributed by atoms with Crippen LogP contribution in [0.3, 0.4) is 0 Å². The summed E-state index contributed by atoms with van der Waals surface area (Å²) in [7, 11) is 0. The van der Waals surface area contributed by atoms with E-state index >= 15 is 0 Å². The molecule has 1 spiro atoms. The first-order chi connectivity index (χ1) is 23.3. The lowest BCUT2D eigenvalue weighted by atomic mass is 9.63. The van der Waals surface area contributed by atoms with Crippen LogP contribution in [-0.2, 0) is 0 Å². The zero-order chi connectivity index (χ0) is 34.6. The number of aromatic amines is 1. The minimum Gasteiger partial charge on any atom is -0.481 e. The number of β-amino-alcohol motifs (C(OH)–C–C–N with tert-alkyl or cyclic N) is 1. The number of aryl methyl sites for hydroxylation is 1. The summed E-state index contributed by atoms with van der Waals surface area (Å²) in [6.45, 7) is 11.7. The Morgan fingerprint density at radius 2 is 1.78 bits per heavy atom. The number of H-pyrrole nitrogens is 1. The third-order valence-electron chi connectivity index (χ3n) is 10.6. The number of aromatic nitrogens is 4. The van der Waals surface area contributed by atoms with E-state index < -0.39 is 18.4 Å². The van der Waals surface area contributed by atoms with Gasteiger partial charge in [0.05, 0.1) is 17.3 Å². The van der Waals surface area contributed by atoms with Gasteiger partial charge >= 0.3 is 12.2 Å². The summed E-state index contributed by atoms with van der Waals surface area (Å²) < 4.78 is 54.0. The fourth-order valence-corrected chi connectivity index (χ4v) is 7.94. The molecule has 1 aliphatic carbocycles. The highest BCUT2D eigenvalue weighted by Crippen LogP contribution is 2.51. The first-order valence-electron chi connectivity index (χ1n) is 17.3. The van der Waals surface area contributed by atoms with E-state index in [-0.39, 0.29) is 23.4 Å². The molecule has 0 unspecified atom stereocenters. The molecule has 2 saturated heterocycles. The van der Waals surface area contributed by atoms with Crippen molar-refractivity contribution in [3.8, 4) is 22.9 Å². The van der Waals surface area contributed by atoms with Crippen LogP contribution in [0.1, 0.15) is 69.9 Å². The van der Waals surface area contributed by atoms with Crippen molar-refractivity contribution in [3.63, 3.8) is 0 Å². The van der Waals surface area contributed by atoms with Crippen LogP contribution in [0.4, 0.5) is 19.0 Å². The average Bonchev–Trinajstić information content (AvgIpc) is 3.51. The van der Waals surface area contributed by atoms with Gasteiger partial charge in [-0.1, -0.05) is 25.1 Å². The maximum Gasteiger partial charge on any atom is 0.422 e. The van der Waals surface area contributed by atoms with Gasteiger partial charge in [0, 0.05) is 49.1 Å². The van der Waals surface area contributed by atoms with Crippen molar-refractivity contribution in [1.29, 1.82) is 0 Å². The summed E-state index contributed by atoms with van der Waals surface area (Å²) in [5.74, 6) is 0.654. The number of alkyl halides is 3. The van der Waals surface area contributed by atoms with Crippen LogP contribution in [0.5, 0.6) is 11.8 Å². The molecule has 2 aromatic carbocycles. The Morgan fingerprint density at radius 1 is 1.04 bits per heavy atom. The number of nitrogens with one attached hydrogen (secondary N) is 1. The summed E-state index contributed by atoms with van der Waals surface area (Å²) in [5, 5.41) is 18.9. The Labute approximate surface area is 284 Å². The number of anilines is 1. The fraction of sp³-hybridized carbons (Fsp3) is 0.541. The van der Waals surface area contributed by atoms with E-state index in [1.807, 2.05) is 25.1 Å². The van der Waals surface area contributed by atoms with Crippen molar-refractivity contribution in [2.24, 2.45) is 5.41 Å². The van der Waals surface area contributed by atoms with Crippen LogP contribution >= 0.6 is 0 Å². The first kappa shape index (κ1) is 33.6. The summed E-state index contributed by atoms with van der Waals surface area (Å²) in [6.07, 6.45) is 5.81. The molecule has 3 aliphatic rings. The minimum atomic E-state index is -4.58. The summed E-state index contributed by atoms with van der Waals surface area (Å²) >= 11 is 0. The molecule has 4 aromatic rings. The Morgan fingerprint density at radius 3 is 2.41 bits per heavy atom. The molecule has 0 bridgehead atoms. The Kier molecular flexibility index (Phi) is 8.75. The number of ether oxygens (including phenoxy) is 2. The number of fused-ring (bicyclic) bond motifs is 2. The van der Waals surface area contributed by atoms with Crippen LogP contribution in [0.15, 0.2) is 31.0 Å². The zero-order valence-electron chi connectivity index (χ0n) is 28.5. The second kappa shape index (κ2) is 12.8. The van der Waals surface area contributed by atoms with Crippen LogP contribution in [0, 0.1) is 12.3 Å². The highest BCUT2D eigenvalue weighted by Gasteiger charge is 2.40. The Bertz CT molecular complexity index is 1840. The van der Waals surface area contributed by atoms with Crippen molar-refractivity contribution in [2.45, 2.75) is 83.6 Å². The van der Waals surface area contributed by atoms with E-state index in [4.69, 9.17) is 19.4 Å². The van der Waals surface area contributed by atoms with Crippen LogP contribution in [0.2, 0.25) is 0 Å². The number of benzene rings is 2. The standard InChI is InChI=1S/C37H45F3N6O3/c1-5-24-19-26-31(32(48-22-37(38,39)40)30(24)29-23(2)7-8-28-27(29)20-41-44-28)42-34(49-25-9-15-45(16-10-25)21-35(3,4)47)43-33(26)46-17-13-36(14-18-46)11-6-12-36/h5,7-8,19-20,25,47H,1,6,9-18,21-22H2,2-4H3,(H,41,44). The van der Waals surface area contributed by atoms with Gasteiger partial charge in [-0.05, 0) is 93.5 Å². The molecule has 262 valence electrons. The van der Waals surface area contributed by atoms with Gasteiger partial charge in [0.25, 0.3) is 0 Å². The monoisotopic (exact) mass is 678 g/mol. The van der Waals surface area contributed by atoms with Gasteiger partial charge in [0.1, 0.15) is 17.4 Å². The normalized spacial score (nSPS) is 19.0. The molecular weight excluding hydrogens is 633 g/mol. The lowest BCUT2D eigenvalue weighted by Gasteiger charge is -2.48. The van der Waals surface area contributed by atoms with Crippen LogP contribution in [0.25, 0.3) is 39.0 Å². The van der Waals surface area contributed by atoms with Crippen molar-refractivity contribution in [3.05, 3.63) is 42.1 Å². The highest BCUT2D eigenvalue weighted by atomic mass is 19.4. The maximum absolute atomic E-state index is 13.9. The molecule has 7 rings (SSSR count). The van der Waals surface area contributed by atoms with Gasteiger partial charge in [-0.25, -0.2) is 0 Å². The molecule has 2 N–H and O–H groups in total. The van der Waals surface area contributed by atoms with E-state index in [1.54, 1.807) is 26.1 Å². The number of rotatable bonds is 9. The van der Waals surface area contributed by atoms with E-state index in [0.29, 0.717) is 52.7 Å². The Balaban J connectivity index is 1.37.